The van der Waals surface area contributed by atoms with Crippen LogP contribution in [0.15, 0.2) is 89.7 Å². The van der Waals surface area contributed by atoms with Crippen LogP contribution in [-0.4, -0.2) is 33.3 Å². The Bertz CT molecular complexity index is 1400. The van der Waals surface area contributed by atoms with Crippen LogP contribution in [0.4, 0.5) is 5.69 Å². The minimum Gasteiger partial charge on any atom is -0.316 e. The first-order valence-electron chi connectivity index (χ1n) is 13.0. The molecule has 0 spiro atoms. The maximum Gasteiger partial charge on any atom is 0.295 e. The fourth-order valence-corrected chi connectivity index (χ4v) is 5.21. The number of aromatic nitrogens is 2. The van der Waals surface area contributed by atoms with Crippen molar-refractivity contribution in [1.29, 1.82) is 0 Å². The van der Waals surface area contributed by atoms with Crippen LogP contribution in [0, 0.1) is 12.8 Å². The number of para-hydroxylation sites is 1. The maximum absolute atomic E-state index is 13.1. The smallest absolute Gasteiger partial charge is 0.295 e. The van der Waals surface area contributed by atoms with E-state index in [1.54, 1.807) is 9.36 Å². The third-order valence-electron chi connectivity index (χ3n) is 7.49. The molecule has 0 aliphatic carbocycles. The second-order valence-electron chi connectivity index (χ2n) is 10.00. The van der Waals surface area contributed by atoms with Crippen molar-refractivity contribution in [2.24, 2.45) is 13.0 Å². The van der Waals surface area contributed by atoms with Gasteiger partial charge in [-0.05, 0) is 80.6 Å². The molecule has 4 aromatic rings. The molecule has 3 aromatic carbocycles. The highest BCUT2D eigenvalue weighted by molar-refractivity contribution is 6.04. The van der Waals surface area contributed by atoms with Crippen LogP contribution >= 0.6 is 0 Å². The Balaban J connectivity index is 1.18. The fourth-order valence-electron chi connectivity index (χ4n) is 5.21. The molecule has 1 fully saturated rings. The van der Waals surface area contributed by atoms with Gasteiger partial charge < -0.3 is 5.32 Å². The summed E-state index contributed by atoms with van der Waals surface area (Å²) in [7, 11) is 1.82. The van der Waals surface area contributed by atoms with Crippen LogP contribution in [0.5, 0.6) is 0 Å². The normalized spacial score (nSPS) is 14.5. The Morgan fingerprint density at radius 1 is 0.865 bits per heavy atom. The summed E-state index contributed by atoms with van der Waals surface area (Å²) in [6, 6.07) is 27.9. The minimum atomic E-state index is -0.278. The number of anilines is 1. The van der Waals surface area contributed by atoms with Gasteiger partial charge >= 0.3 is 0 Å². The van der Waals surface area contributed by atoms with Gasteiger partial charge in [0.1, 0.15) is 5.69 Å². The predicted octanol–water partition coefficient (Wildman–Crippen LogP) is 5.19. The molecule has 1 N–H and O–H groups in total. The highest BCUT2D eigenvalue weighted by Gasteiger charge is 2.21. The van der Waals surface area contributed by atoms with Crippen LogP contribution in [-0.2, 0) is 20.0 Å². The number of nitrogens with zero attached hydrogens (tertiary/aromatic N) is 3. The lowest BCUT2D eigenvalue weighted by Gasteiger charge is -2.32. The number of nitrogens with one attached hydrogen (secondary N) is 1. The van der Waals surface area contributed by atoms with Crippen LogP contribution < -0.4 is 10.9 Å². The summed E-state index contributed by atoms with van der Waals surface area (Å²) in [4.78, 5) is 28.6. The molecule has 1 aliphatic rings. The largest absolute Gasteiger partial charge is 0.316 e. The topological polar surface area (TPSA) is 59.3 Å². The number of carbonyl (C=O) groups is 1. The van der Waals surface area contributed by atoms with E-state index in [0.717, 1.165) is 37.7 Å². The highest BCUT2D eigenvalue weighted by atomic mass is 16.2. The molecule has 0 unspecified atom stereocenters. The van der Waals surface area contributed by atoms with E-state index in [0.29, 0.717) is 16.9 Å². The minimum absolute atomic E-state index is 0.244. The molecule has 0 radical (unpaired) electrons. The van der Waals surface area contributed by atoms with E-state index in [9.17, 15) is 9.59 Å². The zero-order chi connectivity index (χ0) is 25.8. The molecule has 0 saturated carbocycles. The van der Waals surface area contributed by atoms with Crippen molar-refractivity contribution in [1.82, 2.24) is 14.3 Å². The Labute approximate surface area is 218 Å². The molecule has 1 aromatic heterocycles. The molecular formula is C31H34N4O2. The molecule has 2 heterocycles. The molecule has 0 bridgehead atoms. The standard InChI is InChI=1S/C31H34N4O2/c1-23-29(31(37)35(33(23)2)28-11-7-4-8-12-28)32-30(36)27-15-13-26(14-16-27)22-34-19-17-25(18-20-34)21-24-9-5-3-6-10-24/h3-16,25H,17-22H2,1-2H3,(H,32,36). The van der Waals surface area contributed by atoms with E-state index in [-0.39, 0.29) is 11.5 Å². The molecule has 190 valence electrons. The number of benzene rings is 3. The van der Waals surface area contributed by atoms with Gasteiger partial charge in [-0.15, -0.1) is 0 Å². The quantitative estimate of drug-likeness (QED) is 0.385. The molecule has 1 saturated heterocycles. The fraction of sp³-hybridized carbons (Fsp3) is 0.290. The Kier molecular flexibility index (Phi) is 7.37. The summed E-state index contributed by atoms with van der Waals surface area (Å²) in [5.41, 5.74) is 4.69. The number of amides is 1. The molecule has 6 nitrogen and oxygen atoms in total. The third-order valence-corrected chi connectivity index (χ3v) is 7.49. The second-order valence-corrected chi connectivity index (χ2v) is 10.00. The Morgan fingerprint density at radius 2 is 1.49 bits per heavy atom. The number of rotatable bonds is 7. The van der Waals surface area contributed by atoms with E-state index in [1.165, 1.54) is 24.0 Å². The van der Waals surface area contributed by atoms with Gasteiger partial charge in [-0.25, -0.2) is 4.68 Å². The van der Waals surface area contributed by atoms with Gasteiger partial charge in [0.15, 0.2) is 0 Å². The molecule has 1 amide bonds. The van der Waals surface area contributed by atoms with Crippen LogP contribution in [0.3, 0.4) is 0 Å². The summed E-state index contributed by atoms with van der Waals surface area (Å²) in [6.07, 6.45) is 3.59. The Morgan fingerprint density at radius 3 is 2.14 bits per heavy atom. The third kappa shape index (κ3) is 5.59. The van der Waals surface area contributed by atoms with Crippen LogP contribution in [0.25, 0.3) is 5.69 Å². The van der Waals surface area contributed by atoms with Crippen molar-refractivity contribution < 1.29 is 4.79 Å². The summed E-state index contributed by atoms with van der Waals surface area (Å²) in [5, 5.41) is 2.85. The van der Waals surface area contributed by atoms with E-state index < -0.39 is 0 Å². The zero-order valence-electron chi connectivity index (χ0n) is 21.6. The van der Waals surface area contributed by atoms with E-state index in [4.69, 9.17) is 0 Å². The van der Waals surface area contributed by atoms with Gasteiger partial charge in [-0.1, -0.05) is 60.7 Å². The lowest BCUT2D eigenvalue weighted by Crippen LogP contribution is -2.33. The summed E-state index contributed by atoms with van der Waals surface area (Å²) in [5.74, 6) is 0.469. The van der Waals surface area contributed by atoms with Crippen molar-refractivity contribution in [3.8, 4) is 5.69 Å². The number of carbonyl (C=O) groups excluding carboxylic acids is 1. The number of likely N-dealkylation sites (tertiary alicyclic amines) is 1. The van der Waals surface area contributed by atoms with Gasteiger partial charge in [0.2, 0.25) is 0 Å². The summed E-state index contributed by atoms with van der Waals surface area (Å²) in [6.45, 7) is 4.92. The molecule has 37 heavy (non-hydrogen) atoms. The molecule has 6 heteroatoms. The number of hydrogen-bond acceptors (Lipinski definition) is 3. The molecule has 5 rings (SSSR count). The molecular weight excluding hydrogens is 460 g/mol. The second kappa shape index (κ2) is 11.0. The van der Waals surface area contributed by atoms with E-state index >= 15 is 0 Å². The lowest BCUT2D eigenvalue weighted by molar-refractivity contribution is 0.102. The maximum atomic E-state index is 13.1. The van der Waals surface area contributed by atoms with E-state index in [1.807, 2.05) is 68.6 Å². The highest BCUT2D eigenvalue weighted by Crippen LogP contribution is 2.23. The van der Waals surface area contributed by atoms with Gasteiger partial charge in [0, 0.05) is 19.2 Å². The SMILES string of the molecule is Cc1c(NC(=O)c2ccc(CN3CCC(Cc4ccccc4)CC3)cc2)c(=O)n(-c2ccccc2)n1C. The number of piperidine rings is 1. The van der Waals surface area contributed by atoms with E-state index in [2.05, 4.69) is 40.5 Å². The average molecular weight is 495 g/mol. The van der Waals surface area contributed by atoms with Crippen molar-refractivity contribution in [3.63, 3.8) is 0 Å². The molecule has 1 aliphatic heterocycles. The Hall–Kier alpha value is -3.90. The van der Waals surface area contributed by atoms with Gasteiger partial charge in [0.05, 0.1) is 11.4 Å². The first-order valence-corrected chi connectivity index (χ1v) is 13.0. The summed E-state index contributed by atoms with van der Waals surface area (Å²) >= 11 is 0. The van der Waals surface area contributed by atoms with Crippen molar-refractivity contribution >= 4 is 11.6 Å². The van der Waals surface area contributed by atoms with Gasteiger partial charge in [-0.2, -0.15) is 0 Å². The average Bonchev–Trinajstić information content (AvgIpc) is 3.14. The summed E-state index contributed by atoms with van der Waals surface area (Å²) < 4.78 is 3.33. The number of hydrogen-bond donors (Lipinski definition) is 1. The monoisotopic (exact) mass is 494 g/mol. The van der Waals surface area contributed by atoms with Gasteiger partial charge in [0.25, 0.3) is 11.5 Å². The van der Waals surface area contributed by atoms with Gasteiger partial charge in [-0.3, -0.25) is 19.2 Å². The van der Waals surface area contributed by atoms with Crippen molar-refractivity contribution in [2.75, 3.05) is 18.4 Å². The van der Waals surface area contributed by atoms with Crippen molar-refractivity contribution in [2.45, 2.75) is 32.7 Å². The van der Waals surface area contributed by atoms with Crippen molar-refractivity contribution in [3.05, 3.63) is 118 Å². The zero-order valence-corrected chi connectivity index (χ0v) is 21.6. The molecule has 0 atom stereocenters. The first-order chi connectivity index (χ1) is 18.0. The lowest BCUT2D eigenvalue weighted by atomic mass is 9.90. The predicted molar refractivity (Wildman–Crippen MR) is 148 cm³/mol. The first kappa shape index (κ1) is 24.8. The van der Waals surface area contributed by atoms with Crippen LogP contribution in [0.1, 0.15) is 40.0 Å². The van der Waals surface area contributed by atoms with Crippen LogP contribution in [0.2, 0.25) is 0 Å².